The summed E-state index contributed by atoms with van der Waals surface area (Å²) in [4.78, 5) is 1.43. The SMILES string of the molecule is Cc1ccccc1SCCCCBr. The van der Waals surface area contributed by atoms with Crippen LogP contribution in [0.15, 0.2) is 29.2 Å². The van der Waals surface area contributed by atoms with Crippen LogP contribution in [0.1, 0.15) is 18.4 Å². The molecule has 0 saturated carbocycles. The number of alkyl halides is 1. The first kappa shape index (κ1) is 11.1. The Kier molecular flexibility index (Phi) is 5.56. The number of aryl methyl sites for hydroxylation is 1. The van der Waals surface area contributed by atoms with Crippen LogP contribution >= 0.6 is 27.7 Å². The molecule has 0 fully saturated rings. The van der Waals surface area contributed by atoms with E-state index in [4.69, 9.17) is 0 Å². The van der Waals surface area contributed by atoms with Gasteiger partial charge >= 0.3 is 0 Å². The average molecular weight is 259 g/mol. The molecule has 1 aromatic rings. The van der Waals surface area contributed by atoms with Crippen LogP contribution in [0.5, 0.6) is 0 Å². The van der Waals surface area contributed by atoms with Crippen LogP contribution in [-0.2, 0) is 0 Å². The second-order valence-electron chi connectivity index (χ2n) is 3.01. The average Bonchev–Trinajstić information content (AvgIpc) is 2.15. The molecular weight excluding hydrogens is 244 g/mol. The van der Waals surface area contributed by atoms with E-state index in [9.17, 15) is 0 Å². The lowest BCUT2D eigenvalue weighted by atomic mass is 10.2. The van der Waals surface area contributed by atoms with Crippen molar-refractivity contribution in [1.82, 2.24) is 0 Å². The number of hydrogen-bond donors (Lipinski definition) is 0. The van der Waals surface area contributed by atoms with E-state index in [0.29, 0.717) is 0 Å². The van der Waals surface area contributed by atoms with Gasteiger partial charge in [0.2, 0.25) is 0 Å². The van der Waals surface area contributed by atoms with Crippen molar-refractivity contribution in [3.05, 3.63) is 29.8 Å². The number of hydrogen-bond acceptors (Lipinski definition) is 1. The van der Waals surface area contributed by atoms with Gasteiger partial charge in [0.1, 0.15) is 0 Å². The van der Waals surface area contributed by atoms with Crippen LogP contribution < -0.4 is 0 Å². The van der Waals surface area contributed by atoms with Gasteiger partial charge in [0.15, 0.2) is 0 Å². The molecule has 0 radical (unpaired) electrons. The van der Waals surface area contributed by atoms with Crippen LogP contribution in [0, 0.1) is 6.92 Å². The molecule has 0 N–H and O–H groups in total. The molecule has 0 atom stereocenters. The summed E-state index contributed by atoms with van der Waals surface area (Å²) in [5.41, 5.74) is 1.39. The summed E-state index contributed by atoms with van der Waals surface area (Å²) in [6.45, 7) is 2.17. The fourth-order valence-corrected chi connectivity index (χ4v) is 2.53. The van der Waals surface area contributed by atoms with Crippen molar-refractivity contribution in [3.63, 3.8) is 0 Å². The molecule has 0 saturated heterocycles. The van der Waals surface area contributed by atoms with Crippen LogP contribution in [0.3, 0.4) is 0 Å². The van der Waals surface area contributed by atoms with Crippen molar-refractivity contribution < 1.29 is 0 Å². The number of unbranched alkanes of at least 4 members (excludes halogenated alkanes) is 1. The Morgan fingerprint density at radius 2 is 2.00 bits per heavy atom. The van der Waals surface area contributed by atoms with Gasteiger partial charge in [-0.1, -0.05) is 34.1 Å². The Morgan fingerprint density at radius 3 is 2.69 bits per heavy atom. The summed E-state index contributed by atoms with van der Waals surface area (Å²) in [5, 5.41) is 1.13. The molecule has 0 aliphatic carbocycles. The fourth-order valence-electron chi connectivity index (χ4n) is 1.10. The lowest BCUT2D eigenvalue weighted by Crippen LogP contribution is -1.83. The van der Waals surface area contributed by atoms with Crippen molar-refractivity contribution in [2.45, 2.75) is 24.7 Å². The molecular formula is C11H15BrS. The number of halogens is 1. The van der Waals surface area contributed by atoms with E-state index in [1.165, 1.54) is 29.1 Å². The van der Waals surface area contributed by atoms with Crippen LogP contribution in [0.2, 0.25) is 0 Å². The molecule has 13 heavy (non-hydrogen) atoms. The second kappa shape index (κ2) is 6.50. The van der Waals surface area contributed by atoms with E-state index in [1.54, 1.807) is 0 Å². The molecule has 0 nitrogen and oxygen atoms in total. The zero-order valence-electron chi connectivity index (χ0n) is 7.92. The second-order valence-corrected chi connectivity index (χ2v) is 4.94. The van der Waals surface area contributed by atoms with Crippen molar-refractivity contribution in [1.29, 1.82) is 0 Å². The molecule has 72 valence electrons. The predicted molar refractivity (Wildman–Crippen MR) is 64.9 cm³/mol. The minimum atomic E-state index is 1.13. The largest absolute Gasteiger partial charge is 0.126 e. The zero-order valence-corrected chi connectivity index (χ0v) is 10.3. The Morgan fingerprint density at radius 1 is 1.23 bits per heavy atom. The van der Waals surface area contributed by atoms with Crippen molar-refractivity contribution in [2.24, 2.45) is 0 Å². The fraction of sp³-hybridized carbons (Fsp3) is 0.455. The van der Waals surface area contributed by atoms with Gasteiger partial charge in [0.05, 0.1) is 0 Å². The summed E-state index contributed by atoms with van der Waals surface area (Å²) in [6.07, 6.45) is 2.57. The summed E-state index contributed by atoms with van der Waals surface area (Å²) < 4.78 is 0. The highest BCUT2D eigenvalue weighted by molar-refractivity contribution is 9.09. The lowest BCUT2D eigenvalue weighted by Gasteiger charge is -2.03. The summed E-state index contributed by atoms with van der Waals surface area (Å²) in [6, 6.07) is 8.58. The third-order valence-corrected chi connectivity index (χ3v) is 3.70. The van der Waals surface area contributed by atoms with Crippen LogP contribution in [-0.4, -0.2) is 11.1 Å². The van der Waals surface area contributed by atoms with Crippen LogP contribution in [0.25, 0.3) is 0 Å². The Bertz CT molecular complexity index is 248. The lowest BCUT2D eigenvalue weighted by molar-refractivity contribution is 0.912. The minimum absolute atomic E-state index is 1.13. The normalized spacial score (nSPS) is 10.3. The first-order valence-corrected chi connectivity index (χ1v) is 6.69. The number of rotatable bonds is 5. The molecule has 1 aromatic carbocycles. The zero-order chi connectivity index (χ0) is 9.52. The van der Waals surface area contributed by atoms with Crippen LogP contribution in [0.4, 0.5) is 0 Å². The molecule has 0 spiro atoms. The van der Waals surface area contributed by atoms with E-state index in [1.807, 2.05) is 11.8 Å². The van der Waals surface area contributed by atoms with E-state index in [2.05, 4.69) is 47.1 Å². The van der Waals surface area contributed by atoms with Gasteiger partial charge in [-0.2, -0.15) is 0 Å². The highest BCUT2D eigenvalue weighted by Gasteiger charge is 1.96. The van der Waals surface area contributed by atoms with Gasteiger partial charge < -0.3 is 0 Å². The molecule has 0 heterocycles. The van der Waals surface area contributed by atoms with Gasteiger partial charge in [-0.15, -0.1) is 11.8 Å². The van der Waals surface area contributed by atoms with Crippen molar-refractivity contribution in [2.75, 3.05) is 11.1 Å². The molecule has 0 bridgehead atoms. The smallest absolute Gasteiger partial charge is 0.0101 e. The van der Waals surface area contributed by atoms with E-state index in [-0.39, 0.29) is 0 Å². The Hall–Kier alpha value is 0.0500. The monoisotopic (exact) mass is 258 g/mol. The Balaban J connectivity index is 2.32. The third-order valence-electron chi connectivity index (χ3n) is 1.88. The predicted octanol–water partition coefficient (Wildman–Crippen LogP) is 4.26. The maximum absolute atomic E-state index is 3.44. The highest BCUT2D eigenvalue weighted by Crippen LogP contribution is 2.22. The van der Waals surface area contributed by atoms with Gasteiger partial charge in [0.25, 0.3) is 0 Å². The molecule has 1 rings (SSSR count). The highest BCUT2D eigenvalue weighted by atomic mass is 79.9. The quantitative estimate of drug-likeness (QED) is 0.432. The van der Waals surface area contributed by atoms with Gasteiger partial charge in [-0.25, -0.2) is 0 Å². The van der Waals surface area contributed by atoms with E-state index < -0.39 is 0 Å². The van der Waals surface area contributed by atoms with Gasteiger partial charge in [-0.05, 0) is 37.1 Å². The third kappa shape index (κ3) is 4.19. The first-order chi connectivity index (χ1) is 6.34. The van der Waals surface area contributed by atoms with Gasteiger partial charge in [-0.3, -0.25) is 0 Å². The minimum Gasteiger partial charge on any atom is -0.126 e. The van der Waals surface area contributed by atoms with E-state index >= 15 is 0 Å². The summed E-state index contributed by atoms with van der Waals surface area (Å²) in [5.74, 6) is 1.23. The summed E-state index contributed by atoms with van der Waals surface area (Å²) >= 11 is 5.41. The van der Waals surface area contributed by atoms with Gasteiger partial charge in [0, 0.05) is 10.2 Å². The summed E-state index contributed by atoms with van der Waals surface area (Å²) in [7, 11) is 0. The van der Waals surface area contributed by atoms with Crippen molar-refractivity contribution in [3.8, 4) is 0 Å². The number of benzene rings is 1. The molecule has 0 aromatic heterocycles. The molecule has 0 amide bonds. The first-order valence-electron chi connectivity index (χ1n) is 4.59. The molecule has 0 aliphatic rings. The molecule has 0 unspecified atom stereocenters. The molecule has 0 aliphatic heterocycles. The maximum Gasteiger partial charge on any atom is 0.0101 e. The standard InChI is InChI=1S/C11H15BrS/c1-10-6-2-3-7-11(10)13-9-5-4-8-12/h2-3,6-7H,4-5,8-9H2,1H3. The molecule has 2 heteroatoms. The maximum atomic E-state index is 3.44. The van der Waals surface area contributed by atoms with E-state index in [0.717, 1.165) is 5.33 Å². The van der Waals surface area contributed by atoms with Crippen molar-refractivity contribution >= 4 is 27.7 Å². The number of thioether (sulfide) groups is 1. The Labute approximate surface area is 93.2 Å². The topological polar surface area (TPSA) is 0 Å².